The Morgan fingerprint density at radius 3 is 2.70 bits per heavy atom. The van der Waals surface area contributed by atoms with Crippen LogP contribution in [-0.4, -0.2) is 27.0 Å². The van der Waals surface area contributed by atoms with Crippen LogP contribution in [0.3, 0.4) is 0 Å². The van der Waals surface area contributed by atoms with Crippen molar-refractivity contribution in [3.63, 3.8) is 0 Å². The van der Waals surface area contributed by atoms with Gasteiger partial charge in [0.25, 0.3) is 9.05 Å². The monoisotopic (exact) mass is 317 g/mol. The predicted molar refractivity (Wildman–Crippen MR) is 76.8 cm³/mol. The minimum Gasteiger partial charge on any atom is -0.486 e. The quantitative estimate of drug-likeness (QED) is 0.804. The fraction of sp³-hybridized carbons (Fsp3) is 0.462. The number of benzene rings is 1. The van der Waals surface area contributed by atoms with E-state index in [2.05, 4.69) is 0 Å². The summed E-state index contributed by atoms with van der Waals surface area (Å²) in [5, 5.41) is 0. The highest BCUT2D eigenvalue weighted by Crippen LogP contribution is 2.37. The SMILES string of the molecule is CCC(=O)N1CC(CC)Oc2ccc(S(=O)(=O)Cl)cc21. The molecule has 0 saturated carbocycles. The lowest BCUT2D eigenvalue weighted by Gasteiger charge is -2.34. The lowest BCUT2D eigenvalue weighted by molar-refractivity contribution is -0.118. The van der Waals surface area contributed by atoms with E-state index >= 15 is 0 Å². The Morgan fingerprint density at radius 1 is 1.45 bits per heavy atom. The molecule has 20 heavy (non-hydrogen) atoms. The normalized spacial score (nSPS) is 18.4. The van der Waals surface area contributed by atoms with Crippen LogP contribution in [-0.2, 0) is 13.8 Å². The molecule has 1 amide bonds. The van der Waals surface area contributed by atoms with Crippen LogP contribution in [0.15, 0.2) is 23.1 Å². The van der Waals surface area contributed by atoms with E-state index in [4.69, 9.17) is 15.4 Å². The lowest BCUT2D eigenvalue weighted by Crippen LogP contribution is -2.43. The molecule has 0 radical (unpaired) electrons. The van der Waals surface area contributed by atoms with Gasteiger partial charge in [0.15, 0.2) is 0 Å². The molecule has 0 aromatic heterocycles. The second kappa shape index (κ2) is 5.61. The molecule has 0 N–H and O–H groups in total. The number of carbonyl (C=O) groups is 1. The molecule has 1 unspecified atom stereocenters. The number of carbonyl (C=O) groups excluding carboxylic acids is 1. The summed E-state index contributed by atoms with van der Waals surface area (Å²) in [4.78, 5) is 13.6. The summed E-state index contributed by atoms with van der Waals surface area (Å²) in [6.45, 7) is 4.16. The van der Waals surface area contributed by atoms with Crippen LogP contribution in [0.2, 0.25) is 0 Å². The Bertz CT molecular complexity index is 629. The van der Waals surface area contributed by atoms with Crippen LogP contribution in [0.5, 0.6) is 5.75 Å². The van der Waals surface area contributed by atoms with Crippen LogP contribution in [0.1, 0.15) is 26.7 Å². The van der Waals surface area contributed by atoms with Crippen molar-refractivity contribution in [3.05, 3.63) is 18.2 Å². The third kappa shape index (κ3) is 2.91. The molecule has 0 saturated heterocycles. The third-order valence-corrected chi connectivity index (χ3v) is 4.59. The number of hydrogen-bond donors (Lipinski definition) is 0. The average Bonchev–Trinajstić information content (AvgIpc) is 2.43. The van der Waals surface area contributed by atoms with Crippen molar-refractivity contribution in [1.29, 1.82) is 0 Å². The van der Waals surface area contributed by atoms with Crippen molar-refractivity contribution >= 4 is 31.3 Å². The number of ether oxygens (including phenoxy) is 1. The summed E-state index contributed by atoms with van der Waals surface area (Å²) >= 11 is 0. The first-order chi connectivity index (χ1) is 9.36. The molecule has 1 atom stereocenters. The van der Waals surface area contributed by atoms with Gasteiger partial charge in [0.2, 0.25) is 5.91 Å². The van der Waals surface area contributed by atoms with E-state index in [-0.39, 0.29) is 16.9 Å². The van der Waals surface area contributed by atoms with Gasteiger partial charge in [0, 0.05) is 17.1 Å². The molecule has 1 aromatic carbocycles. The van der Waals surface area contributed by atoms with Crippen molar-refractivity contribution in [2.45, 2.75) is 37.7 Å². The molecule has 0 bridgehead atoms. The van der Waals surface area contributed by atoms with Crippen LogP contribution < -0.4 is 9.64 Å². The number of halogens is 1. The molecule has 0 fully saturated rings. The molecule has 1 aliphatic rings. The van der Waals surface area contributed by atoms with Gasteiger partial charge in [-0.2, -0.15) is 0 Å². The highest BCUT2D eigenvalue weighted by molar-refractivity contribution is 8.13. The van der Waals surface area contributed by atoms with E-state index in [0.717, 1.165) is 6.42 Å². The van der Waals surface area contributed by atoms with Crippen molar-refractivity contribution in [1.82, 2.24) is 0 Å². The maximum absolute atomic E-state index is 12.0. The summed E-state index contributed by atoms with van der Waals surface area (Å²) < 4.78 is 28.6. The summed E-state index contributed by atoms with van der Waals surface area (Å²) in [6.07, 6.45) is 1.02. The van der Waals surface area contributed by atoms with Crippen molar-refractivity contribution < 1.29 is 17.9 Å². The average molecular weight is 318 g/mol. The van der Waals surface area contributed by atoms with E-state index in [0.29, 0.717) is 24.4 Å². The van der Waals surface area contributed by atoms with E-state index < -0.39 is 9.05 Å². The number of nitrogens with zero attached hydrogens (tertiary/aromatic N) is 1. The molecule has 1 aromatic rings. The van der Waals surface area contributed by atoms with E-state index in [1.807, 2.05) is 6.92 Å². The van der Waals surface area contributed by atoms with Gasteiger partial charge in [-0.15, -0.1) is 0 Å². The zero-order valence-electron chi connectivity index (χ0n) is 11.3. The summed E-state index contributed by atoms with van der Waals surface area (Å²) in [7, 11) is 1.51. The van der Waals surface area contributed by atoms with Gasteiger partial charge in [0.05, 0.1) is 17.1 Å². The number of fused-ring (bicyclic) bond motifs is 1. The molecule has 1 aliphatic heterocycles. The molecule has 5 nitrogen and oxygen atoms in total. The van der Waals surface area contributed by atoms with Gasteiger partial charge in [-0.05, 0) is 24.6 Å². The minimum atomic E-state index is -3.83. The lowest BCUT2D eigenvalue weighted by atomic mass is 10.1. The molecule has 2 rings (SSSR count). The van der Waals surface area contributed by atoms with Gasteiger partial charge in [-0.1, -0.05) is 13.8 Å². The van der Waals surface area contributed by atoms with Crippen molar-refractivity contribution in [2.24, 2.45) is 0 Å². The van der Waals surface area contributed by atoms with Crippen LogP contribution >= 0.6 is 10.7 Å². The van der Waals surface area contributed by atoms with E-state index in [1.54, 1.807) is 17.9 Å². The van der Waals surface area contributed by atoms with E-state index in [9.17, 15) is 13.2 Å². The Morgan fingerprint density at radius 2 is 2.15 bits per heavy atom. The molecule has 110 valence electrons. The Kier molecular flexibility index (Phi) is 4.25. The number of hydrogen-bond acceptors (Lipinski definition) is 4. The molecule has 0 spiro atoms. The van der Waals surface area contributed by atoms with Crippen LogP contribution in [0.25, 0.3) is 0 Å². The zero-order chi connectivity index (χ0) is 14.9. The summed E-state index contributed by atoms with van der Waals surface area (Å²) in [6, 6.07) is 4.31. The number of anilines is 1. The summed E-state index contributed by atoms with van der Waals surface area (Å²) in [5.41, 5.74) is 0.461. The van der Waals surface area contributed by atoms with Gasteiger partial charge in [-0.3, -0.25) is 4.79 Å². The second-order valence-electron chi connectivity index (χ2n) is 4.57. The van der Waals surface area contributed by atoms with Gasteiger partial charge in [-0.25, -0.2) is 8.42 Å². The summed E-state index contributed by atoms with van der Waals surface area (Å²) in [5.74, 6) is 0.436. The fourth-order valence-electron chi connectivity index (χ4n) is 2.12. The van der Waals surface area contributed by atoms with Crippen LogP contribution in [0.4, 0.5) is 5.69 Å². The highest BCUT2D eigenvalue weighted by atomic mass is 35.7. The Balaban J connectivity index is 2.51. The zero-order valence-corrected chi connectivity index (χ0v) is 12.9. The highest BCUT2D eigenvalue weighted by Gasteiger charge is 2.29. The molecular formula is C13H16ClNO4S. The maximum atomic E-state index is 12.0. The third-order valence-electron chi connectivity index (χ3n) is 3.24. The molecule has 7 heteroatoms. The topological polar surface area (TPSA) is 63.7 Å². The van der Waals surface area contributed by atoms with Crippen molar-refractivity contribution in [3.8, 4) is 5.75 Å². The van der Waals surface area contributed by atoms with E-state index in [1.165, 1.54) is 12.1 Å². The molecule has 1 heterocycles. The predicted octanol–water partition coefficient (Wildman–Crippen LogP) is 2.53. The Labute approximate surface area is 122 Å². The minimum absolute atomic E-state index is 0.0367. The maximum Gasteiger partial charge on any atom is 0.261 e. The first-order valence-corrected chi connectivity index (χ1v) is 8.73. The van der Waals surface area contributed by atoms with Gasteiger partial charge >= 0.3 is 0 Å². The standard InChI is InChI=1S/C13H16ClNO4S/c1-3-9-8-15(13(16)4-2)11-7-10(20(14,17)18)5-6-12(11)19-9/h5-7,9H,3-4,8H2,1-2H3. The van der Waals surface area contributed by atoms with Crippen molar-refractivity contribution in [2.75, 3.05) is 11.4 Å². The molecule has 0 aliphatic carbocycles. The first-order valence-electron chi connectivity index (χ1n) is 6.42. The number of rotatable bonds is 3. The van der Waals surface area contributed by atoms with Crippen LogP contribution in [0, 0.1) is 0 Å². The van der Waals surface area contributed by atoms with Gasteiger partial charge in [0.1, 0.15) is 11.9 Å². The smallest absolute Gasteiger partial charge is 0.261 e. The van der Waals surface area contributed by atoms with Gasteiger partial charge < -0.3 is 9.64 Å². The largest absolute Gasteiger partial charge is 0.486 e. The number of amides is 1. The second-order valence-corrected chi connectivity index (χ2v) is 7.14. The Hall–Kier alpha value is -1.27. The first kappa shape index (κ1) is 15.1. The fourth-order valence-corrected chi connectivity index (χ4v) is 2.89. The molecular weight excluding hydrogens is 302 g/mol.